The van der Waals surface area contributed by atoms with Crippen molar-refractivity contribution in [2.75, 3.05) is 26.2 Å². The lowest BCUT2D eigenvalue weighted by atomic mass is 10.0. The third-order valence-electron chi connectivity index (χ3n) is 3.01. The minimum absolute atomic E-state index is 0.191. The summed E-state index contributed by atoms with van der Waals surface area (Å²) in [6, 6.07) is 0. The van der Waals surface area contributed by atoms with E-state index in [9.17, 15) is 5.11 Å². The molecule has 3 heteroatoms. The smallest absolute Gasteiger partial charge is 0.0774 e. The Bertz CT molecular complexity index is 149. The van der Waals surface area contributed by atoms with Crippen LogP contribution >= 0.6 is 0 Å². The lowest BCUT2D eigenvalue weighted by Gasteiger charge is -2.30. The maximum absolute atomic E-state index is 10.2. The Balaban J connectivity index is 2.36. The van der Waals surface area contributed by atoms with Crippen molar-refractivity contribution < 1.29 is 10.2 Å². The van der Waals surface area contributed by atoms with Crippen molar-refractivity contribution >= 4 is 0 Å². The van der Waals surface area contributed by atoms with Gasteiger partial charge in [0, 0.05) is 13.1 Å². The van der Waals surface area contributed by atoms with Crippen LogP contribution in [0.1, 0.15) is 39.0 Å². The summed E-state index contributed by atoms with van der Waals surface area (Å²) in [4.78, 5) is 2.17. The van der Waals surface area contributed by atoms with E-state index in [1.165, 1.54) is 0 Å². The Hall–Kier alpha value is -0.120. The molecule has 0 atom stereocenters. The van der Waals surface area contributed by atoms with Gasteiger partial charge in [-0.15, -0.1) is 0 Å². The molecule has 0 bridgehead atoms. The average molecular weight is 201 g/mol. The van der Waals surface area contributed by atoms with Crippen LogP contribution in [0.3, 0.4) is 0 Å². The molecule has 0 spiro atoms. The molecular weight excluding hydrogens is 178 g/mol. The fraction of sp³-hybridized carbons (Fsp3) is 1.00. The lowest BCUT2D eigenvalue weighted by molar-refractivity contribution is 0.00555. The molecule has 0 radical (unpaired) electrons. The Kier molecular flexibility index (Phi) is 4.85. The second-order valence-corrected chi connectivity index (χ2v) is 4.43. The van der Waals surface area contributed by atoms with Crippen molar-refractivity contribution in [3.8, 4) is 0 Å². The van der Waals surface area contributed by atoms with E-state index in [2.05, 4.69) is 11.8 Å². The van der Waals surface area contributed by atoms with Crippen LogP contribution in [-0.4, -0.2) is 47.0 Å². The molecule has 0 unspecified atom stereocenters. The SMILES string of the molecule is CCCN(CCO)CC1(O)CCCC1. The van der Waals surface area contributed by atoms with Crippen LogP contribution in [0.4, 0.5) is 0 Å². The molecule has 0 aromatic heterocycles. The second-order valence-electron chi connectivity index (χ2n) is 4.43. The summed E-state index contributed by atoms with van der Waals surface area (Å²) < 4.78 is 0. The van der Waals surface area contributed by atoms with Crippen molar-refractivity contribution in [2.24, 2.45) is 0 Å². The van der Waals surface area contributed by atoms with E-state index < -0.39 is 5.60 Å². The number of hydrogen-bond donors (Lipinski definition) is 2. The van der Waals surface area contributed by atoms with Crippen molar-refractivity contribution in [1.29, 1.82) is 0 Å². The van der Waals surface area contributed by atoms with E-state index in [-0.39, 0.29) is 6.61 Å². The van der Waals surface area contributed by atoms with E-state index in [4.69, 9.17) is 5.11 Å². The zero-order valence-corrected chi connectivity index (χ0v) is 9.21. The number of rotatable bonds is 6. The third-order valence-corrected chi connectivity index (χ3v) is 3.01. The van der Waals surface area contributed by atoms with Gasteiger partial charge in [0.15, 0.2) is 0 Å². The molecule has 1 rings (SSSR count). The van der Waals surface area contributed by atoms with Crippen LogP contribution in [0, 0.1) is 0 Å². The molecule has 0 aliphatic heterocycles. The molecule has 0 heterocycles. The first kappa shape index (κ1) is 12.0. The maximum atomic E-state index is 10.2. The van der Waals surface area contributed by atoms with Crippen LogP contribution in [-0.2, 0) is 0 Å². The van der Waals surface area contributed by atoms with Gasteiger partial charge < -0.3 is 10.2 Å². The predicted octanol–water partition coefficient (Wildman–Crippen LogP) is 0.996. The molecular formula is C11H23NO2. The van der Waals surface area contributed by atoms with Gasteiger partial charge in [-0.25, -0.2) is 0 Å². The molecule has 0 aromatic rings. The molecule has 14 heavy (non-hydrogen) atoms. The number of nitrogens with zero attached hydrogens (tertiary/aromatic N) is 1. The summed E-state index contributed by atoms with van der Waals surface area (Å²) in [6.45, 7) is 4.72. The van der Waals surface area contributed by atoms with Crippen LogP contribution in [0.15, 0.2) is 0 Å². The van der Waals surface area contributed by atoms with E-state index in [1.54, 1.807) is 0 Å². The van der Waals surface area contributed by atoms with Crippen molar-refractivity contribution in [3.05, 3.63) is 0 Å². The van der Waals surface area contributed by atoms with E-state index in [0.29, 0.717) is 6.54 Å². The Labute approximate surface area is 86.7 Å². The fourth-order valence-corrected chi connectivity index (χ4v) is 2.34. The van der Waals surface area contributed by atoms with Gasteiger partial charge in [-0.3, -0.25) is 4.90 Å². The van der Waals surface area contributed by atoms with Gasteiger partial charge in [0.2, 0.25) is 0 Å². The summed E-state index contributed by atoms with van der Waals surface area (Å²) in [6.07, 6.45) is 5.23. The molecule has 0 aromatic carbocycles. The molecule has 2 N–H and O–H groups in total. The molecule has 3 nitrogen and oxygen atoms in total. The van der Waals surface area contributed by atoms with Crippen molar-refractivity contribution in [2.45, 2.75) is 44.6 Å². The first-order valence-corrected chi connectivity index (χ1v) is 5.76. The second kappa shape index (κ2) is 5.69. The molecule has 1 saturated carbocycles. The topological polar surface area (TPSA) is 43.7 Å². The van der Waals surface area contributed by atoms with Crippen molar-refractivity contribution in [3.63, 3.8) is 0 Å². The summed E-state index contributed by atoms with van der Waals surface area (Å²) in [7, 11) is 0. The molecule has 1 aliphatic carbocycles. The van der Waals surface area contributed by atoms with Crippen molar-refractivity contribution in [1.82, 2.24) is 4.90 Å². The van der Waals surface area contributed by atoms with Crippen LogP contribution in [0.25, 0.3) is 0 Å². The highest BCUT2D eigenvalue weighted by Gasteiger charge is 2.32. The van der Waals surface area contributed by atoms with Crippen LogP contribution < -0.4 is 0 Å². The van der Waals surface area contributed by atoms with Gasteiger partial charge in [-0.05, 0) is 25.8 Å². The minimum atomic E-state index is -0.468. The number of aliphatic hydroxyl groups excluding tert-OH is 1. The first-order valence-electron chi connectivity index (χ1n) is 5.76. The number of aliphatic hydroxyl groups is 2. The maximum Gasteiger partial charge on any atom is 0.0774 e. The van der Waals surface area contributed by atoms with Crippen LogP contribution in [0.5, 0.6) is 0 Å². The van der Waals surface area contributed by atoms with Gasteiger partial charge in [0.1, 0.15) is 0 Å². The van der Waals surface area contributed by atoms with Gasteiger partial charge in [0.05, 0.1) is 12.2 Å². The first-order chi connectivity index (χ1) is 6.70. The zero-order valence-electron chi connectivity index (χ0n) is 9.21. The zero-order chi connectivity index (χ0) is 10.4. The Morgan fingerprint density at radius 1 is 1.21 bits per heavy atom. The Morgan fingerprint density at radius 2 is 1.86 bits per heavy atom. The Morgan fingerprint density at radius 3 is 2.36 bits per heavy atom. The third kappa shape index (κ3) is 3.56. The van der Waals surface area contributed by atoms with Gasteiger partial charge in [0.25, 0.3) is 0 Å². The summed E-state index contributed by atoms with van der Waals surface area (Å²) in [5.74, 6) is 0. The molecule has 1 aliphatic rings. The summed E-state index contributed by atoms with van der Waals surface area (Å²) >= 11 is 0. The summed E-state index contributed by atoms with van der Waals surface area (Å²) in [5, 5.41) is 19.1. The standard InChI is InChI=1S/C11H23NO2/c1-2-7-12(8-9-13)10-11(14)5-3-4-6-11/h13-14H,2-10H2,1H3. The highest BCUT2D eigenvalue weighted by Crippen LogP contribution is 2.30. The van der Waals surface area contributed by atoms with Gasteiger partial charge in [-0.2, -0.15) is 0 Å². The average Bonchev–Trinajstić information content (AvgIpc) is 2.53. The predicted molar refractivity (Wildman–Crippen MR) is 57.2 cm³/mol. The molecule has 0 amide bonds. The minimum Gasteiger partial charge on any atom is -0.395 e. The normalized spacial score (nSPS) is 20.6. The highest BCUT2D eigenvalue weighted by atomic mass is 16.3. The van der Waals surface area contributed by atoms with E-state index in [0.717, 1.165) is 45.2 Å². The van der Waals surface area contributed by atoms with Crippen LogP contribution in [0.2, 0.25) is 0 Å². The molecule has 84 valence electrons. The lowest BCUT2D eigenvalue weighted by Crippen LogP contribution is -2.42. The number of hydrogen-bond acceptors (Lipinski definition) is 3. The monoisotopic (exact) mass is 201 g/mol. The molecule has 0 saturated heterocycles. The van der Waals surface area contributed by atoms with Gasteiger partial charge >= 0.3 is 0 Å². The van der Waals surface area contributed by atoms with E-state index in [1.807, 2.05) is 0 Å². The molecule has 1 fully saturated rings. The highest BCUT2D eigenvalue weighted by molar-refractivity contribution is 4.87. The van der Waals surface area contributed by atoms with E-state index >= 15 is 0 Å². The summed E-state index contributed by atoms with van der Waals surface area (Å²) in [5.41, 5.74) is -0.468. The quantitative estimate of drug-likeness (QED) is 0.673. The van der Waals surface area contributed by atoms with Gasteiger partial charge in [-0.1, -0.05) is 19.8 Å². The largest absolute Gasteiger partial charge is 0.395 e. The fourth-order valence-electron chi connectivity index (χ4n) is 2.34.